The molecule has 0 aliphatic heterocycles. The van der Waals surface area contributed by atoms with E-state index < -0.39 is 0 Å². The van der Waals surface area contributed by atoms with Crippen molar-refractivity contribution in [2.24, 2.45) is 0 Å². The zero-order valence-corrected chi connectivity index (χ0v) is 6.36. The van der Waals surface area contributed by atoms with Gasteiger partial charge in [-0.1, -0.05) is 0 Å². The van der Waals surface area contributed by atoms with Gasteiger partial charge in [0.1, 0.15) is 0 Å². The van der Waals surface area contributed by atoms with Crippen molar-refractivity contribution >= 4 is 5.69 Å². The van der Waals surface area contributed by atoms with Gasteiger partial charge in [0.25, 0.3) is 0 Å². The minimum absolute atomic E-state index is 0.655. The van der Waals surface area contributed by atoms with Gasteiger partial charge in [-0.15, -0.1) is 0 Å². The molecule has 2 rings (SSSR count). The van der Waals surface area contributed by atoms with Crippen LogP contribution in [0, 0.1) is 0 Å². The summed E-state index contributed by atoms with van der Waals surface area (Å²) in [5.74, 6) is 0. The maximum absolute atomic E-state index is 5.57. The molecule has 4 heteroatoms. The standard InChI is InChI=1S/C8H8N4/c9-7-3-6(4-10-5-7)8-1-2-11-12-8/h1-5H,9H2,(H,11,12). The van der Waals surface area contributed by atoms with E-state index in [9.17, 15) is 0 Å². The van der Waals surface area contributed by atoms with Crippen molar-refractivity contribution in [1.29, 1.82) is 0 Å². The van der Waals surface area contributed by atoms with Crippen LogP contribution in [0.5, 0.6) is 0 Å². The number of nitrogens with two attached hydrogens (primary N) is 1. The van der Waals surface area contributed by atoms with Crippen molar-refractivity contribution < 1.29 is 0 Å². The first-order chi connectivity index (χ1) is 5.86. The molecule has 0 spiro atoms. The second-order valence-electron chi connectivity index (χ2n) is 2.48. The minimum atomic E-state index is 0.655. The molecule has 0 unspecified atom stereocenters. The molecule has 0 saturated carbocycles. The number of pyridine rings is 1. The Morgan fingerprint density at radius 2 is 2.25 bits per heavy atom. The molecule has 0 atom stereocenters. The highest BCUT2D eigenvalue weighted by atomic mass is 15.1. The molecule has 0 bridgehead atoms. The van der Waals surface area contributed by atoms with Gasteiger partial charge in [0.2, 0.25) is 0 Å². The lowest BCUT2D eigenvalue weighted by Gasteiger charge is -1.96. The van der Waals surface area contributed by atoms with E-state index >= 15 is 0 Å². The molecule has 0 aromatic carbocycles. The van der Waals surface area contributed by atoms with Gasteiger partial charge in [0.05, 0.1) is 11.4 Å². The van der Waals surface area contributed by atoms with E-state index in [0.717, 1.165) is 11.3 Å². The van der Waals surface area contributed by atoms with E-state index in [-0.39, 0.29) is 0 Å². The van der Waals surface area contributed by atoms with Crippen LogP contribution in [-0.4, -0.2) is 15.2 Å². The van der Waals surface area contributed by atoms with Crippen LogP contribution in [0.2, 0.25) is 0 Å². The Kier molecular flexibility index (Phi) is 1.51. The average Bonchev–Trinajstić information content (AvgIpc) is 2.56. The third-order valence-corrected chi connectivity index (χ3v) is 1.57. The van der Waals surface area contributed by atoms with Crippen molar-refractivity contribution in [2.45, 2.75) is 0 Å². The van der Waals surface area contributed by atoms with Gasteiger partial charge in [-0.3, -0.25) is 10.1 Å². The van der Waals surface area contributed by atoms with Crippen molar-refractivity contribution in [3.63, 3.8) is 0 Å². The fourth-order valence-corrected chi connectivity index (χ4v) is 1.02. The van der Waals surface area contributed by atoms with Gasteiger partial charge in [-0.25, -0.2) is 0 Å². The molecule has 4 nitrogen and oxygen atoms in total. The Bertz CT molecular complexity index is 366. The van der Waals surface area contributed by atoms with Crippen molar-refractivity contribution in [3.05, 3.63) is 30.7 Å². The molecule has 2 heterocycles. The highest BCUT2D eigenvalue weighted by Gasteiger charge is 1.97. The molecule has 0 fully saturated rings. The van der Waals surface area contributed by atoms with E-state index in [1.165, 1.54) is 0 Å². The minimum Gasteiger partial charge on any atom is -0.397 e. The summed E-state index contributed by atoms with van der Waals surface area (Å²) < 4.78 is 0. The zero-order valence-electron chi connectivity index (χ0n) is 6.36. The topological polar surface area (TPSA) is 67.6 Å². The molecule has 0 radical (unpaired) electrons. The highest BCUT2D eigenvalue weighted by Crippen LogP contribution is 2.16. The van der Waals surface area contributed by atoms with Gasteiger partial charge >= 0.3 is 0 Å². The summed E-state index contributed by atoms with van der Waals surface area (Å²) in [5.41, 5.74) is 8.10. The third kappa shape index (κ3) is 1.14. The number of nitrogens with one attached hydrogen (secondary N) is 1. The van der Waals surface area contributed by atoms with Gasteiger partial charge < -0.3 is 5.73 Å². The normalized spacial score (nSPS) is 10.0. The summed E-state index contributed by atoms with van der Waals surface area (Å²) in [4.78, 5) is 3.97. The summed E-state index contributed by atoms with van der Waals surface area (Å²) in [7, 11) is 0. The van der Waals surface area contributed by atoms with Gasteiger partial charge in [0.15, 0.2) is 0 Å². The Morgan fingerprint density at radius 3 is 2.92 bits per heavy atom. The first-order valence-corrected chi connectivity index (χ1v) is 3.56. The number of nitrogens with zero attached hydrogens (tertiary/aromatic N) is 2. The smallest absolute Gasteiger partial charge is 0.0666 e. The maximum Gasteiger partial charge on any atom is 0.0666 e. The van der Waals surface area contributed by atoms with E-state index in [0.29, 0.717) is 5.69 Å². The summed E-state index contributed by atoms with van der Waals surface area (Å²) >= 11 is 0. The highest BCUT2D eigenvalue weighted by molar-refractivity contribution is 5.61. The molecule has 0 saturated heterocycles. The zero-order chi connectivity index (χ0) is 8.39. The van der Waals surface area contributed by atoms with E-state index in [1.807, 2.05) is 12.1 Å². The quantitative estimate of drug-likeness (QED) is 0.655. The SMILES string of the molecule is Nc1cncc(-c2ccn[nH]2)c1. The summed E-state index contributed by atoms with van der Waals surface area (Å²) in [6, 6.07) is 3.72. The van der Waals surface area contributed by atoms with Crippen molar-refractivity contribution in [2.75, 3.05) is 5.73 Å². The van der Waals surface area contributed by atoms with Gasteiger partial charge in [0, 0.05) is 24.2 Å². The van der Waals surface area contributed by atoms with Crippen LogP contribution in [0.4, 0.5) is 5.69 Å². The second-order valence-corrected chi connectivity index (χ2v) is 2.48. The Hall–Kier alpha value is -1.84. The summed E-state index contributed by atoms with van der Waals surface area (Å²) in [6.45, 7) is 0. The van der Waals surface area contributed by atoms with E-state index in [2.05, 4.69) is 15.2 Å². The average molecular weight is 160 g/mol. The molecule has 60 valence electrons. The number of hydrogen-bond acceptors (Lipinski definition) is 3. The molecule has 12 heavy (non-hydrogen) atoms. The number of rotatable bonds is 1. The summed E-state index contributed by atoms with van der Waals surface area (Å²) in [6.07, 6.45) is 5.04. The van der Waals surface area contributed by atoms with Crippen LogP contribution in [0.25, 0.3) is 11.3 Å². The van der Waals surface area contributed by atoms with Crippen LogP contribution in [-0.2, 0) is 0 Å². The van der Waals surface area contributed by atoms with Crippen LogP contribution in [0.3, 0.4) is 0 Å². The van der Waals surface area contributed by atoms with Crippen molar-refractivity contribution in [1.82, 2.24) is 15.2 Å². The third-order valence-electron chi connectivity index (χ3n) is 1.57. The van der Waals surface area contributed by atoms with Crippen LogP contribution < -0.4 is 5.73 Å². The predicted octanol–water partition coefficient (Wildman–Crippen LogP) is 1.05. The maximum atomic E-state index is 5.57. The fraction of sp³-hybridized carbons (Fsp3) is 0. The Morgan fingerprint density at radius 1 is 1.33 bits per heavy atom. The molecular formula is C8H8N4. The molecule has 0 amide bonds. The largest absolute Gasteiger partial charge is 0.397 e. The number of aromatic nitrogens is 3. The predicted molar refractivity (Wildman–Crippen MR) is 46.2 cm³/mol. The summed E-state index contributed by atoms with van der Waals surface area (Å²) in [5, 5.41) is 6.67. The van der Waals surface area contributed by atoms with Gasteiger partial charge in [-0.05, 0) is 12.1 Å². The number of aromatic amines is 1. The number of H-pyrrole nitrogens is 1. The molecule has 2 aromatic rings. The van der Waals surface area contributed by atoms with Crippen molar-refractivity contribution in [3.8, 4) is 11.3 Å². The van der Waals surface area contributed by atoms with Crippen LogP contribution in [0.15, 0.2) is 30.7 Å². The van der Waals surface area contributed by atoms with Crippen LogP contribution in [0.1, 0.15) is 0 Å². The van der Waals surface area contributed by atoms with E-state index in [4.69, 9.17) is 5.73 Å². The molecule has 0 aliphatic rings. The first-order valence-electron chi connectivity index (χ1n) is 3.56. The van der Waals surface area contributed by atoms with Gasteiger partial charge in [-0.2, -0.15) is 5.10 Å². The first kappa shape index (κ1) is 6.84. The second kappa shape index (κ2) is 2.65. The van der Waals surface area contributed by atoms with E-state index in [1.54, 1.807) is 18.6 Å². The Balaban J connectivity index is 2.48. The lowest BCUT2D eigenvalue weighted by Crippen LogP contribution is -1.87. The Labute approximate surface area is 69.4 Å². The molecule has 2 aromatic heterocycles. The number of hydrogen-bond donors (Lipinski definition) is 2. The number of anilines is 1. The van der Waals surface area contributed by atoms with Crippen LogP contribution >= 0.6 is 0 Å². The molecule has 3 N–H and O–H groups in total. The lowest BCUT2D eigenvalue weighted by atomic mass is 10.2. The molecule has 0 aliphatic carbocycles. The number of nitrogen functional groups attached to an aromatic ring is 1. The molecular weight excluding hydrogens is 152 g/mol. The lowest BCUT2D eigenvalue weighted by molar-refractivity contribution is 1.09. The fourth-order valence-electron chi connectivity index (χ4n) is 1.02. The monoisotopic (exact) mass is 160 g/mol.